The number of ether oxygens (including phenoxy) is 4. The number of phosphoric ester groups is 2. The molecule has 0 aliphatic rings. The van der Waals surface area contributed by atoms with E-state index in [1.54, 1.807) is 0 Å². The van der Waals surface area contributed by atoms with Crippen LogP contribution < -0.4 is 0 Å². The average molecular weight is 1310 g/mol. The number of aliphatic hydroxyl groups excluding tert-OH is 1. The van der Waals surface area contributed by atoms with Crippen molar-refractivity contribution >= 4 is 39.5 Å². The Hall–Kier alpha value is -1.94. The molecule has 0 fully saturated rings. The van der Waals surface area contributed by atoms with E-state index in [-0.39, 0.29) is 25.7 Å². The highest BCUT2D eigenvalue weighted by atomic mass is 31.2. The highest BCUT2D eigenvalue weighted by molar-refractivity contribution is 7.47. The topological polar surface area (TPSA) is 237 Å². The maximum absolute atomic E-state index is 13.0. The second-order valence-corrected chi connectivity index (χ2v) is 30.1. The molecule has 528 valence electrons. The summed E-state index contributed by atoms with van der Waals surface area (Å²) in [5.41, 5.74) is 0. The Kier molecular flexibility index (Phi) is 58.5. The summed E-state index contributed by atoms with van der Waals surface area (Å²) in [5.74, 6) is 0.805. The molecule has 17 nitrogen and oxygen atoms in total. The normalized spacial score (nSPS) is 14.3. The number of phosphoric acid groups is 2. The Bertz CT molecular complexity index is 1760. The van der Waals surface area contributed by atoms with Gasteiger partial charge in [-0.3, -0.25) is 37.3 Å². The summed E-state index contributed by atoms with van der Waals surface area (Å²) < 4.78 is 68.2. The van der Waals surface area contributed by atoms with Crippen LogP contribution in [0.15, 0.2) is 0 Å². The third-order valence-electron chi connectivity index (χ3n) is 16.1. The summed E-state index contributed by atoms with van der Waals surface area (Å²) in [6.07, 6.45) is 41.9. The molecule has 0 aromatic carbocycles. The summed E-state index contributed by atoms with van der Waals surface area (Å²) in [6, 6.07) is 0. The van der Waals surface area contributed by atoms with Crippen molar-refractivity contribution in [3.05, 3.63) is 0 Å². The van der Waals surface area contributed by atoms with E-state index in [4.69, 9.17) is 37.0 Å². The van der Waals surface area contributed by atoms with Crippen LogP contribution in [0.2, 0.25) is 0 Å². The third-order valence-corrected chi connectivity index (χ3v) is 18.0. The molecule has 0 radical (unpaired) electrons. The van der Waals surface area contributed by atoms with Crippen LogP contribution in [0.25, 0.3) is 0 Å². The molecule has 0 aromatic heterocycles. The minimum absolute atomic E-state index is 0.104. The predicted molar refractivity (Wildman–Crippen MR) is 358 cm³/mol. The summed E-state index contributed by atoms with van der Waals surface area (Å²) in [5, 5.41) is 10.6. The molecule has 0 spiro atoms. The first-order valence-corrected chi connectivity index (χ1v) is 39.2. The Balaban J connectivity index is 5.22. The maximum Gasteiger partial charge on any atom is 0.472 e. The van der Waals surface area contributed by atoms with Gasteiger partial charge < -0.3 is 33.8 Å². The van der Waals surface area contributed by atoms with E-state index >= 15 is 0 Å². The molecule has 3 unspecified atom stereocenters. The van der Waals surface area contributed by atoms with E-state index in [0.717, 1.165) is 114 Å². The summed E-state index contributed by atoms with van der Waals surface area (Å²) in [7, 11) is -9.90. The molecule has 0 heterocycles. The molecule has 0 aliphatic heterocycles. The van der Waals surface area contributed by atoms with Gasteiger partial charge in [-0.15, -0.1) is 0 Å². The zero-order chi connectivity index (χ0) is 66.1. The Morgan fingerprint density at radius 1 is 0.281 bits per heavy atom. The monoisotopic (exact) mass is 1310 g/mol. The highest BCUT2D eigenvalue weighted by Gasteiger charge is 2.30. The second kappa shape index (κ2) is 59.8. The number of hydrogen-bond donors (Lipinski definition) is 3. The zero-order valence-electron chi connectivity index (χ0n) is 58.1. The highest BCUT2D eigenvalue weighted by Crippen LogP contribution is 2.45. The number of rotatable bonds is 67. The fourth-order valence-corrected chi connectivity index (χ4v) is 12.1. The van der Waals surface area contributed by atoms with Crippen molar-refractivity contribution in [1.29, 1.82) is 0 Å². The largest absolute Gasteiger partial charge is 0.472 e. The molecule has 0 amide bonds. The fourth-order valence-electron chi connectivity index (χ4n) is 10.5. The van der Waals surface area contributed by atoms with E-state index in [1.807, 2.05) is 0 Å². The van der Waals surface area contributed by atoms with Gasteiger partial charge in [0.25, 0.3) is 0 Å². The molecule has 0 aliphatic carbocycles. The number of unbranched alkanes of at least 4 members (excludes halogenated alkanes) is 33. The van der Waals surface area contributed by atoms with Crippen LogP contribution in [0.3, 0.4) is 0 Å². The van der Waals surface area contributed by atoms with Crippen molar-refractivity contribution in [2.75, 3.05) is 39.6 Å². The van der Waals surface area contributed by atoms with E-state index < -0.39 is 97.5 Å². The molecule has 19 heteroatoms. The zero-order valence-corrected chi connectivity index (χ0v) is 59.8. The first-order chi connectivity index (χ1) is 42.6. The van der Waals surface area contributed by atoms with E-state index in [0.29, 0.717) is 31.6 Å². The van der Waals surface area contributed by atoms with Gasteiger partial charge in [0.05, 0.1) is 26.4 Å². The Morgan fingerprint density at radius 3 is 0.697 bits per heavy atom. The van der Waals surface area contributed by atoms with Crippen LogP contribution in [0.4, 0.5) is 0 Å². The predicted octanol–water partition coefficient (Wildman–Crippen LogP) is 19.7. The van der Waals surface area contributed by atoms with Crippen molar-refractivity contribution in [2.24, 2.45) is 23.7 Å². The first-order valence-electron chi connectivity index (χ1n) is 36.2. The average Bonchev–Trinajstić information content (AvgIpc) is 3.69. The van der Waals surface area contributed by atoms with Crippen LogP contribution in [-0.4, -0.2) is 96.7 Å². The lowest BCUT2D eigenvalue weighted by atomic mass is 10.0. The van der Waals surface area contributed by atoms with Crippen molar-refractivity contribution in [3.8, 4) is 0 Å². The van der Waals surface area contributed by atoms with Crippen LogP contribution in [0.1, 0.15) is 344 Å². The molecule has 0 rings (SSSR count). The van der Waals surface area contributed by atoms with Crippen LogP contribution in [0, 0.1) is 23.7 Å². The van der Waals surface area contributed by atoms with E-state index in [2.05, 4.69) is 55.4 Å². The molecule has 0 aromatic rings. The number of hydrogen-bond acceptors (Lipinski definition) is 15. The Morgan fingerprint density at radius 2 is 0.472 bits per heavy atom. The van der Waals surface area contributed by atoms with E-state index in [9.17, 15) is 43.2 Å². The van der Waals surface area contributed by atoms with Crippen molar-refractivity contribution < 1.29 is 80.2 Å². The molecule has 0 saturated carbocycles. The SMILES string of the molecule is CC(C)CCCCCCCCCCCCCCCCC(=O)O[C@H](COC(=O)CCCCCCCCC(C)C)COP(=O)(O)OCC(O)COP(=O)(O)OC[C@@H](COC(=O)CCCCCCCCCCC(C)C)OC(=O)CCCCCCCCCCCC(C)C. The summed E-state index contributed by atoms with van der Waals surface area (Å²) >= 11 is 0. The lowest BCUT2D eigenvalue weighted by molar-refractivity contribution is -0.161. The maximum atomic E-state index is 13.0. The number of aliphatic hydroxyl groups is 1. The van der Waals surface area contributed by atoms with Crippen LogP contribution in [0.5, 0.6) is 0 Å². The van der Waals surface area contributed by atoms with Gasteiger partial charge >= 0.3 is 39.5 Å². The Labute approximate surface area is 543 Å². The first kappa shape index (κ1) is 87.1. The van der Waals surface area contributed by atoms with Gasteiger partial charge in [-0.05, 0) is 49.4 Å². The quantitative estimate of drug-likeness (QED) is 0.0222. The van der Waals surface area contributed by atoms with Gasteiger partial charge in [0.1, 0.15) is 19.3 Å². The van der Waals surface area contributed by atoms with Gasteiger partial charge in [0.2, 0.25) is 0 Å². The third kappa shape index (κ3) is 64.6. The summed E-state index contributed by atoms with van der Waals surface area (Å²) in [4.78, 5) is 72.5. The number of esters is 4. The molecule has 89 heavy (non-hydrogen) atoms. The molecular weight excluding hydrogens is 1170 g/mol. The summed E-state index contributed by atoms with van der Waals surface area (Å²) in [6.45, 7) is 14.0. The standard InChI is InChI=1S/C70H136O17P2/c1-60(2)46-38-30-22-16-13-11-9-10-12-14-18-26-36-44-52-69(74)87-66(57-81-68(73)51-43-35-29-28-33-41-49-63(7)8)59-85-89(78,79)83-55-64(71)54-82-88(76,77)84-58-65(56-80-67(72)50-42-34-25-21-20-24-32-40-48-62(5)6)86-70(75)53-45-37-27-19-15-17-23-31-39-47-61(3)4/h60-66,71H,9-59H2,1-8H3,(H,76,77)(H,78,79)/t64?,65-,66-/m1/s1. The van der Waals surface area contributed by atoms with Gasteiger partial charge in [0.15, 0.2) is 12.2 Å². The fraction of sp³-hybridized carbons (Fsp3) is 0.943. The van der Waals surface area contributed by atoms with Crippen molar-refractivity contribution in [1.82, 2.24) is 0 Å². The van der Waals surface area contributed by atoms with Crippen LogP contribution in [-0.2, 0) is 65.4 Å². The van der Waals surface area contributed by atoms with Gasteiger partial charge in [-0.1, -0.05) is 293 Å². The number of carbonyl (C=O) groups is 4. The van der Waals surface area contributed by atoms with Gasteiger partial charge in [-0.25, -0.2) is 9.13 Å². The van der Waals surface area contributed by atoms with Gasteiger partial charge in [-0.2, -0.15) is 0 Å². The molecule has 5 atom stereocenters. The molecule has 3 N–H and O–H groups in total. The van der Waals surface area contributed by atoms with Crippen LogP contribution >= 0.6 is 15.6 Å². The number of carbonyl (C=O) groups excluding carboxylic acids is 4. The molecular formula is C70H136O17P2. The van der Waals surface area contributed by atoms with Crippen molar-refractivity contribution in [2.45, 2.75) is 363 Å². The minimum Gasteiger partial charge on any atom is -0.462 e. The molecule has 0 saturated heterocycles. The van der Waals surface area contributed by atoms with Gasteiger partial charge in [0, 0.05) is 25.7 Å². The lowest BCUT2D eigenvalue weighted by Crippen LogP contribution is -2.30. The minimum atomic E-state index is -4.95. The van der Waals surface area contributed by atoms with Crippen molar-refractivity contribution in [3.63, 3.8) is 0 Å². The molecule has 0 bridgehead atoms. The van der Waals surface area contributed by atoms with E-state index in [1.165, 1.54) is 141 Å². The smallest absolute Gasteiger partial charge is 0.462 e. The second-order valence-electron chi connectivity index (χ2n) is 27.2. The lowest BCUT2D eigenvalue weighted by Gasteiger charge is -2.21.